The highest BCUT2D eigenvalue weighted by molar-refractivity contribution is 6.30. The number of rotatable bonds is 5. The predicted molar refractivity (Wildman–Crippen MR) is 67.0 cm³/mol. The van der Waals surface area contributed by atoms with Gasteiger partial charge >= 0.3 is 0 Å². The van der Waals surface area contributed by atoms with Crippen molar-refractivity contribution < 1.29 is 9.47 Å². The average Bonchev–Trinajstić information content (AvgIpc) is 2.86. The molecule has 1 saturated heterocycles. The highest BCUT2D eigenvalue weighted by Crippen LogP contribution is 2.19. The minimum absolute atomic E-state index is 0.119. The zero-order valence-electron chi connectivity index (χ0n) is 9.56. The Morgan fingerprint density at radius 2 is 2.24 bits per heavy atom. The monoisotopic (exact) mass is 256 g/mol. The molecule has 1 heterocycles. The zero-order valence-corrected chi connectivity index (χ0v) is 10.3. The van der Waals surface area contributed by atoms with E-state index >= 15 is 0 Å². The molecule has 3 N–H and O–H groups in total. The molecule has 4 nitrogen and oxygen atoms in total. The van der Waals surface area contributed by atoms with Crippen LogP contribution in [0.15, 0.2) is 24.3 Å². The van der Waals surface area contributed by atoms with E-state index in [4.69, 9.17) is 26.9 Å². The lowest BCUT2D eigenvalue weighted by Crippen LogP contribution is -2.45. The second-order valence-electron chi connectivity index (χ2n) is 4.16. The normalized spacial score (nSPS) is 21.4. The molecule has 0 aromatic heterocycles. The summed E-state index contributed by atoms with van der Waals surface area (Å²) in [5.74, 6) is 6.76. The smallest absolute Gasteiger partial charge is 0.119 e. The molecule has 1 fully saturated rings. The lowest BCUT2D eigenvalue weighted by Gasteiger charge is -2.21. The topological polar surface area (TPSA) is 56.5 Å². The predicted octanol–water partition coefficient (Wildman–Crippen LogP) is 1.59. The molecule has 0 amide bonds. The van der Waals surface area contributed by atoms with Crippen LogP contribution in [0.5, 0.6) is 5.75 Å². The standard InChI is InChI=1S/C12H17ClN2O2/c13-10-1-3-11(4-2-10)17-8-12(15-14)9-5-6-16-7-9/h1-4,9,12,15H,5-8,14H2. The molecule has 94 valence electrons. The SMILES string of the molecule is NNC(COc1ccc(Cl)cc1)C1CCOC1. The van der Waals surface area contributed by atoms with Crippen molar-refractivity contribution in [2.75, 3.05) is 19.8 Å². The van der Waals surface area contributed by atoms with Gasteiger partial charge in [-0.1, -0.05) is 11.6 Å². The summed E-state index contributed by atoms with van der Waals surface area (Å²) in [5.41, 5.74) is 2.79. The van der Waals surface area contributed by atoms with Crippen molar-refractivity contribution in [3.63, 3.8) is 0 Å². The second-order valence-corrected chi connectivity index (χ2v) is 4.60. The lowest BCUT2D eigenvalue weighted by atomic mass is 10.0. The maximum atomic E-state index is 5.80. The van der Waals surface area contributed by atoms with E-state index in [-0.39, 0.29) is 6.04 Å². The highest BCUT2D eigenvalue weighted by atomic mass is 35.5. The molecular formula is C12H17ClN2O2. The van der Waals surface area contributed by atoms with Crippen LogP contribution in [0.4, 0.5) is 0 Å². The fourth-order valence-electron chi connectivity index (χ4n) is 1.91. The van der Waals surface area contributed by atoms with Crippen LogP contribution in [0.3, 0.4) is 0 Å². The molecule has 2 unspecified atom stereocenters. The molecule has 0 bridgehead atoms. The van der Waals surface area contributed by atoms with Crippen LogP contribution >= 0.6 is 11.6 Å². The van der Waals surface area contributed by atoms with Gasteiger partial charge in [-0.2, -0.15) is 0 Å². The molecule has 1 aliphatic heterocycles. The van der Waals surface area contributed by atoms with Crippen molar-refractivity contribution in [1.29, 1.82) is 0 Å². The summed E-state index contributed by atoms with van der Waals surface area (Å²) in [6, 6.07) is 7.43. The van der Waals surface area contributed by atoms with Crippen molar-refractivity contribution in [3.8, 4) is 5.75 Å². The highest BCUT2D eigenvalue weighted by Gasteiger charge is 2.25. The van der Waals surface area contributed by atoms with Gasteiger partial charge in [0, 0.05) is 17.5 Å². The fraction of sp³-hybridized carbons (Fsp3) is 0.500. The molecule has 2 rings (SSSR count). The quantitative estimate of drug-likeness (QED) is 0.621. The summed E-state index contributed by atoms with van der Waals surface area (Å²) < 4.78 is 11.0. The third-order valence-electron chi connectivity index (χ3n) is 2.99. The Hall–Kier alpha value is -0.810. The molecular weight excluding hydrogens is 240 g/mol. The first-order valence-corrected chi connectivity index (χ1v) is 6.09. The van der Waals surface area contributed by atoms with E-state index in [1.165, 1.54) is 0 Å². The summed E-state index contributed by atoms with van der Waals surface area (Å²) in [6.45, 7) is 2.09. The number of ether oxygens (including phenoxy) is 2. The molecule has 1 aliphatic rings. The average molecular weight is 257 g/mol. The summed E-state index contributed by atoms with van der Waals surface area (Å²) in [4.78, 5) is 0. The molecule has 1 aromatic carbocycles. The molecule has 17 heavy (non-hydrogen) atoms. The van der Waals surface area contributed by atoms with E-state index in [9.17, 15) is 0 Å². The third-order valence-corrected chi connectivity index (χ3v) is 3.24. The van der Waals surface area contributed by atoms with Gasteiger partial charge in [-0.05, 0) is 30.7 Å². The molecule has 5 heteroatoms. The summed E-state index contributed by atoms with van der Waals surface area (Å²) in [6.07, 6.45) is 1.03. The van der Waals surface area contributed by atoms with Crippen LogP contribution in [-0.2, 0) is 4.74 Å². The van der Waals surface area contributed by atoms with Crippen LogP contribution in [0, 0.1) is 5.92 Å². The fourth-order valence-corrected chi connectivity index (χ4v) is 2.03. The van der Waals surface area contributed by atoms with Gasteiger partial charge in [-0.3, -0.25) is 11.3 Å². The Kier molecular flexibility index (Phi) is 4.62. The molecule has 2 atom stereocenters. The molecule has 0 radical (unpaired) electrons. The number of nitrogens with one attached hydrogen (secondary N) is 1. The van der Waals surface area contributed by atoms with E-state index in [1.807, 2.05) is 12.1 Å². The lowest BCUT2D eigenvalue weighted by molar-refractivity contribution is 0.160. The van der Waals surface area contributed by atoms with Crippen molar-refractivity contribution in [2.24, 2.45) is 11.8 Å². The van der Waals surface area contributed by atoms with E-state index in [1.54, 1.807) is 12.1 Å². The van der Waals surface area contributed by atoms with Crippen LogP contribution in [-0.4, -0.2) is 25.9 Å². The Morgan fingerprint density at radius 3 is 2.82 bits per heavy atom. The number of nitrogens with two attached hydrogens (primary N) is 1. The van der Waals surface area contributed by atoms with Crippen LogP contribution in [0.25, 0.3) is 0 Å². The summed E-state index contributed by atoms with van der Waals surface area (Å²) in [5, 5.41) is 0.704. The largest absolute Gasteiger partial charge is 0.492 e. The van der Waals surface area contributed by atoms with Crippen molar-refractivity contribution in [2.45, 2.75) is 12.5 Å². The molecule has 1 aromatic rings. The van der Waals surface area contributed by atoms with E-state index in [0.29, 0.717) is 17.5 Å². The van der Waals surface area contributed by atoms with Gasteiger partial charge in [0.1, 0.15) is 12.4 Å². The second kappa shape index (κ2) is 6.21. The first-order chi connectivity index (χ1) is 8.29. The van der Waals surface area contributed by atoms with Gasteiger partial charge in [0.2, 0.25) is 0 Å². The zero-order chi connectivity index (χ0) is 12.1. The number of halogens is 1. The first kappa shape index (κ1) is 12.6. The number of hydrogen-bond acceptors (Lipinski definition) is 4. The van der Waals surface area contributed by atoms with Gasteiger partial charge < -0.3 is 9.47 Å². The Bertz CT molecular complexity index is 339. The molecule has 0 spiro atoms. The Labute approximate surface area is 106 Å². The van der Waals surface area contributed by atoms with Crippen LogP contribution in [0.2, 0.25) is 5.02 Å². The Balaban J connectivity index is 1.84. The molecule has 0 saturated carbocycles. The molecule has 0 aliphatic carbocycles. The number of hydrogen-bond donors (Lipinski definition) is 2. The van der Waals surface area contributed by atoms with Crippen molar-refractivity contribution >= 4 is 11.6 Å². The van der Waals surface area contributed by atoms with E-state index < -0.39 is 0 Å². The number of hydrazine groups is 1. The third kappa shape index (κ3) is 3.57. The van der Waals surface area contributed by atoms with Gasteiger partial charge in [0.05, 0.1) is 12.6 Å². The first-order valence-electron chi connectivity index (χ1n) is 5.72. The number of benzene rings is 1. The minimum atomic E-state index is 0.119. The summed E-state index contributed by atoms with van der Waals surface area (Å²) in [7, 11) is 0. The van der Waals surface area contributed by atoms with Gasteiger partial charge in [0.15, 0.2) is 0 Å². The van der Waals surface area contributed by atoms with Crippen molar-refractivity contribution in [3.05, 3.63) is 29.3 Å². The van der Waals surface area contributed by atoms with E-state index in [0.717, 1.165) is 25.4 Å². The summed E-state index contributed by atoms with van der Waals surface area (Å²) >= 11 is 5.80. The van der Waals surface area contributed by atoms with E-state index in [2.05, 4.69) is 5.43 Å². The van der Waals surface area contributed by atoms with Crippen LogP contribution in [0.1, 0.15) is 6.42 Å². The maximum absolute atomic E-state index is 5.80. The Morgan fingerprint density at radius 1 is 1.47 bits per heavy atom. The maximum Gasteiger partial charge on any atom is 0.119 e. The van der Waals surface area contributed by atoms with Gasteiger partial charge in [-0.25, -0.2) is 0 Å². The van der Waals surface area contributed by atoms with Gasteiger partial charge in [-0.15, -0.1) is 0 Å². The van der Waals surface area contributed by atoms with Crippen LogP contribution < -0.4 is 16.0 Å². The van der Waals surface area contributed by atoms with Crippen molar-refractivity contribution in [1.82, 2.24) is 5.43 Å². The minimum Gasteiger partial charge on any atom is -0.492 e. The van der Waals surface area contributed by atoms with Gasteiger partial charge in [0.25, 0.3) is 0 Å².